The lowest BCUT2D eigenvalue weighted by Gasteiger charge is -2.33. The molecule has 1 aliphatic rings. The Balaban J connectivity index is 1.34. The van der Waals surface area contributed by atoms with Gasteiger partial charge in [0.25, 0.3) is 5.56 Å². The number of hydrogen-bond acceptors (Lipinski definition) is 10. The van der Waals surface area contributed by atoms with Gasteiger partial charge in [0.15, 0.2) is 5.52 Å². The van der Waals surface area contributed by atoms with Crippen LogP contribution >= 0.6 is 0 Å². The minimum Gasteiger partial charge on any atom is -0.475 e. The number of piperazine rings is 1. The van der Waals surface area contributed by atoms with E-state index in [1.54, 1.807) is 10.9 Å². The standard InChI is InChI=1S/C33H38N8O5S/c1-3-28-29-30(38-41(28)22-25-12-8-9-13-34-25)32(42)37-31(36-29)27-20-26(47(43,44)40-16-14-39(4-2)15-17-40)21-35-33(27)46-19-18-45-23-24-10-6-5-7-11-24/h5-13,20-21H,3-4,14-19,22-23H2,1-2H3,(H,36,37,42). The molecule has 1 aromatic carbocycles. The first-order valence-corrected chi connectivity index (χ1v) is 17.2. The molecule has 47 heavy (non-hydrogen) atoms. The van der Waals surface area contributed by atoms with Crippen LogP contribution in [0.25, 0.3) is 22.4 Å². The average molecular weight is 659 g/mol. The van der Waals surface area contributed by atoms with E-state index in [0.717, 1.165) is 23.5 Å². The molecule has 0 saturated carbocycles. The Kier molecular flexibility index (Phi) is 10.0. The number of rotatable bonds is 13. The van der Waals surface area contributed by atoms with Crippen molar-refractivity contribution in [1.29, 1.82) is 0 Å². The van der Waals surface area contributed by atoms with Crippen LogP contribution in [0.5, 0.6) is 5.88 Å². The van der Waals surface area contributed by atoms with E-state index in [-0.39, 0.29) is 40.9 Å². The zero-order valence-corrected chi connectivity index (χ0v) is 27.3. The Bertz CT molecular complexity index is 1980. The second kappa shape index (κ2) is 14.5. The largest absolute Gasteiger partial charge is 0.475 e. The third-order valence-corrected chi connectivity index (χ3v) is 10.0. The van der Waals surface area contributed by atoms with E-state index in [0.29, 0.717) is 51.3 Å². The molecule has 13 nitrogen and oxygen atoms in total. The SMILES string of the molecule is CCc1c2nc(-c3cc(S(=O)(=O)N4CCN(CC)CC4)cnc3OCCOCc3ccccc3)[nH]c(=O)c2nn1Cc1ccccn1. The molecule has 0 spiro atoms. The van der Waals surface area contributed by atoms with Gasteiger partial charge in [-0.05, 0) is 36.7 Å². The Labute approximate surface area is 273 Å². The summed E-state index contributed by atoms with van der Waals surface area (Å²) in [4.78, 5) is 32.1. The van der Waals surface area contributed by atoms with Crippen LogP contribution in [-0.4, -0.2) is 93.3 Å². The highest BCUT2D eigenvalue weighted by Crippen LogP contribution is 2.30. The van der Waals surface area contributed by atoms with Crippen LogP contribution < -0.4 is 10.3 Å². The van der Waals surface area contributed by atoms with Gasteiger partial charge in [-0.3, -0.25) is 14.5 Å². The molecule has 0 bridgehead atoms. The second-order valence-corrected chi connectivity index (χ2v) is 13.1. The fourth-order valence-electron chi connectivity index (χ4n) is 5.57. The highest BCUT2D eigenvalue weighted by atomic mass is 32.2. The number of fused-ring (bicyclic) bond motifs is 1. The second-order valence-electron chi connectivity index (χ2n) is 11.1. The summed E-state index contributed by atoms with van der Waals surface area (Å²) in [5, 5.41) is 4.56. The first-order chi connectivity index (χ1) is 22.9. The van der Waals surface area contributed by atoms with Crippen molar-refractivity contribution < 1.29 is 17.9 Å². The first-order valence-electron chi connectivity index (χ1n) is 15.7. The fraction of sp³-hybridized carbons (Fsp3) is 0.364. The van der Waals surface area contributed by atoms with Crippen LogP contribution in [0.3, 0.4) is 0 Å². The van der Waals surface area contributed by atoms with Crippen LogP contribution in [0, 0.1) is 0 Å². The minimum atomic E-state index is -3.88. The zero-order valence-electron chi connectivity index (χ0n) is 26.5. The summed E-state index contributed by atoms with van der Waals surface area (Å²) in [6.45, 7) is 8.12. The molecular formula is C33H38N8O5S. The van der Waals surface area contributed by atoms with Gasteiger partial charge in [0.2, 0.25) is 15.9 Å². The molecule has 0 unspecified atom stereocenters. The van der Waals surface area contributed by atoms with Gasteiger partial charge in [0.1, 0.15) is 22.8 Å². The van der Waals surface area contributed by atoms with Gasteiger partial charge in [0, 0.05) is 32.4 Å². The summed E-state index contributed by atoms with van der Waals surface area (Å²) in [5.41, 5.74) is 2.97. The molecule has 1 N–H and O–H groups in total. The van der Waals surface area contributed by atoms with Gasteiger partial charge in [-0.15, -0.1) is 0 Å². The molecule has 5 heterocycles. The third-order valence-electron chi connectivity index (χ3n) is 8.15. The molecule has 0 aliphatic carbocycles. The predicted molar refractivity (Wildman–Crippen MR) is 177 cm³/mol. The Morgan fingerprint density at radius 3 is 2.45 bits per heavy atom. The molecule has 5 aromatic rings. The van der Waals surface area contributed by atoms with Gasteiger partial charge < -0.3 is 19.4 Å². The molecule has 0 amide bonds. The summed E-state index contributed by atoms with van der Waals surface area (Å²) < 4.78 is 42.5. The van der Waals surface area contributed by atoms with Crippen molar-refractivity contribution in [1.82, 2.24) is 38.9 Å². The molecule has 0 radical (unpaired) electrons. The highest BCUT2D eigenvalue weighted by molar-refractivity contribution is 7.89. The van der Waals surface area contributed by atoms with E-state index in [4.69, 9.17) is 14.5 Å². The van der Waals surface area contributed by atoms with E-state index in [2.05, 4.69) is 31.9 Å². The van der Waals surface area contributed by atoms with Crippen molar-refractivity contribution in [3.8, 4) is 17.3 Å². The first kappa shape index (κ1) is 32.4. The van der Waals surface area contributed by atoms with Crippen LogP contribution in [0.1, 0.15) is 30.8 Å². The maximum atomic E-state index is 13.8. The van der Waals surface area contributed by atoms with Crippen molar-refractivity contribution in [3.63, 3.8) is 0 Å². The number of likely N-dealkylation sites (N-methyl/N-ethyl adjacent to an activating group) is 1. The molecule has 1 saturated heterocycles. The van der Waals surface area contributed by atoms with Crippen LogP contribution in [-0.2, 0) is 34.3 Å². The van der Waals surface area contributed by atoms with Gasteiger partial charge in [0.05, 0.1) is 42.9 Å². The van der Waals surface area contributed by atoms with Crippen LogP contribution in [0.4, 0.5) is 0 Å². The molecular weight excluding hydrogens is 620 g/mol. The van der Waals surface area contributed by atoms with Crippen LogP contribution in [0.2, 0.25) is 0 Å². The van der Waals surface area contributed by atoms with E-state index in [1.165, 1.54) is 16.6 Å². The molecule has 6 rings (SSSR count). The fourth-order valence-corrected chi connectivity index (χ4v) is 6.97. The maximum Gasteiger partial charge on any atom is 0.279 e. The summed E-state index contributed by atoms with van der Waals surface area (Å²) in [6, 6.07) is 16.9. The average Bonchev–Trinajstić information content (AvgIpc) is 3.46. The number of aromatic amines is 1. The van der Waals surface area contributed by atoms with Gasteiger partial charge >= 0.3 is 0 Å². The number of nitrogens with zero attached hydrogens (tertiary/aromatic N) is 7. The lowest BCUT2D eigenvalue weighted by atomic mass is 10.2. The topological polar surface area (TPSA) is 148 Å². The number of pyridine rings is 2. The third kappa shape index (κ3) is 7.25. The zero-order chi connectivity index (χ0) is 32.8. The normalized spacial score (nSPS) is 14.5. The molecule has 1 aliphatic heterocycles. The summed E-state index contributed by atoms with van der Waals surface area (Å²) in [5.74, 6) is 0.264. The molecule has 246 valence electrons. The van der Waals surface area contributed by atoms with Gasteiger partial charge in [-0.25, -0.2) is 18.4 Å². The lowest BCUT2D eigenvalue weighted by Crippen LogP contribution is -2.48. The maximum absolute atomic E-state index is 13.8. The Morgan fingerprint density at radius 2 is 1.72 bits per heavy atom. The van der Waals surface area contributed by atoms with Crippen LogP contribution in [0.15, 0.2) is 76.7 Å². The number of sulfonamides is 1. The lowest BCUT2D eigenvalue weighted by molar-refractivity contribution is 0.0876. The molecule has 14 heteroatoms. The van der Waals surface area contributed by atoms with E-state index < -0.39 is 15.6 Å². The van der Waals surface area contributed by atoms with Crippen molar-refractivity contribution in [2.24, 2.45) is 0 Å². The molecule has 1 fully saturated rings. The molecule has 0 atom stereocenters. The van der Waals surface area contributed by atoms with E-state index in [9.17, 15) is 13.2 Å². The summed E-state index contributed by atoms with van der Waals surface area (Å²) in [6.07, 6.45) is 3.56. The molecule has 4 aromatic heterocycles. The minimum absolute atomic E-state index is 0.00515. The number of nitrogens with one attached hydrogen (secondary N) is 1. The summed E-state index contributed by atoms with van der Waals surface area (Å²) in [7, 11) is -3.88. The van der Waals surface area contributed by atoms with Gasteiger partial charge in [-0.2, -0.15) is 9.40 Å². The monoisotopic (exact) mass is 658 g/mol. The highest BCUT2D eigenvalue weighted by Gasteiger charge is 2.30. The predicted octanol–water partition coefficient (Wildman–Crippen LogP) is 3.11. The van der Waals surface area contributed by atoms with E-state index >= 15 is 0 Å². The Hall–Kier alpha value is -4.50. The van der Waals surface area contributed by atoms with Crippen molar-refractivity contribution in [2.45, 2.75) is 38.3 Å². The number of ether oxygens (including phenoxy) is 2. The summed E-state index contributed by atoms with van der Waals surface area (Å²) >= 11 is 0. The number of aryl methyl sites for hydroxylation is 1. The Morgan fingerprint density at radius 1 is 0.936 bits per heavy atom. The van der Waals surface area contributed by atoms with E-state index in [1.807, 2.05) is 55.5 Å². The van der Waals surface area contributed by atoms with Crippen molar-refractivity contribution in [2.75, 3.05) is 45.9 Å². The van der Waals surface area contributed by atoms with Crippen molar-refractivity contribution >= 4 is 21.1 Å². The quantitative estimate of drug-likeness (QED) is 0.187. The smallest absolute Gasteiger partial charge is 0.279 e. The number of hydrogen-bond donors (Lipinski definition) is 1. The number of aromatic nitrogens is 6. The number of benzene rings is 1. The van der Waals surface area contributed by atoms with Crippen molar-refractivity contribution in [3.05, 3.63) is 94.3 Å². The van der Waals surface area contributed by atoms with Gasteiger partial charge in [-0.1, -0.05) is 50.2 Å². The number of H-pyrrole nitrogens is 1.